The topological polar surface area (TPSA) is 101 Å². The quantitative estimate of drug-likeness (QED) is 0.554. The van der Waals surface area contributed by atoms with Gasteiger partial charge in [-0.25, -0.2) is 13.6 Å². The van der Waals surface area contributed by atoms with Gasteiger partial charge in [0.1, 0.15) is 0 Å². The standard InChI is InChI=1S/C7H9NO4S/c8-13(11,12)6-3-1-2-5(4-6)7(9)10/h1-4,7,9-10H,(H2,8,11,12). The van der Waals surface area contributed by atoms with Gasteiger partial charge in [-0.3, -0.25) is 0 Å². The maximum atomic E-state index is 10.8. The molecule has 1 aromatic rings. The van der Waals surface area contributed by atoms with Crippen molar-refractivity contribution < 1.29 is 18.6 Å². The number of benzene rings is 1. The van der Waals surface area contributed by atoms with E-state index in [9.17, 15) is 8.42 Å². The van der Waals surface area contributed by atoms with Gasteiger partial charge in [-0.15, -0.1) is 0 Å². The van der Waals surface area contributed by atoms with E-state index in [1.807, 2.05) is 0 Å². The van der Waals surface area contributed by atoms with Gasteiger partial charge in [0, 0.05) is 5.56 Å². The Balaban J connectivity index is 3.21. The van der Waals surface area contributed by atoms with Crippen molar-refractivity contribution in [1.82, 2.24) is 0 Å². The molecular formula is C7H9NO4S. The summed E-state index contributed by atoms with van der Waals surface area (Å²) in [6.07, 6.45) is -1.69. The van der Waals surface area contributed by atoms with Gasteiger partial charge in [0.15, 0.2) is 6.29 Å². The van der Waals surface area contributed by atoms with E-state index in [4.69, 9.17) is 15.4 Å². The number of rotatable bonds is 2. The third-order valence-corrected chi connectivity index (χ3v) is 2.40. The molecule has 0 aromatic heterocycles. The van der Waals surface area contributed by atoms with E-state index in [1.165, 1.54) is 18.2 Å². The van der Waals surface area contributed by atoms with Crippen LogP contribution in [0.3, 0.4) is 0 Å². The minimum Gasteiger partial charge on any atom is -0.364 e. The fourth-order valence-electron chi connectivity index (χ4n) is 0.852. The Morgan fingerprint density at radius 3 is 2.38 bits per heavy atom. The Morgan fingerprint density at radius 1 is 1.31 bits per heavy atom. The van der Waals surface area contributed by atoms with Gasteiger partial charge in [0.05, 0.1) is 4.90 Å². The molecule has 0 aliphatic rings. The van der Waals surface area contributed by atoms with E-state index >= 15 is 0 Å². The summed E-state index contributed by atoms with van der Waals surface area (Å²) in [4.78, 5) is -0.141. The minimum atomic E-state index is -3.78. The summed E-state index contributed by atoms with van der Waals surface area (Å²) in [7, 11) is -3.78. The van der Waals surface area contributed by atoms with E-state index in [0.29, 0.717) is 0 Å². The van der Waals surface area contributed by atoms with Crippen molar-refractivity contribution in [3.8, 4) is 0 Å². The first-order chi connectivity index (χ1) is 5.91. The highest BCUT2D eigenvalue weighted by Gasteiger charge is 2.10. The van der Waals surface area contributed by atoms with Crippen molar-refractivity contribution in [1.29, 1.82) is 0 Å². The summed E-state index contributed by atoms with van der Waals surface area (Å²) >= 11 is 0. The zero-order valence-electron chi connectivity index (χ0n) is 6.58. The number of nitrogens with two attached hydrogens (primary N) is 1. The molecule has 0 aliphatic heterocycles. The van der Waals surface area contributed by atoms with Crippen LogP contribution < -0.4 is 5.14 Å². The first kappa shape index (κ1) is 10.1. The van der Waals surface area contributed by atoms with E-state index in [2.05, 4.69) is 0 Å². The Labute approximate surface area is 75.5 Å². The SMILES string of the molecule is NS(=O)(=O)c1cccc(C(O)O)c1. The van der Waals surface area contributed by atoms with Crippen LogP contribution in [0, 0.1) is 0 Å². The second kappa shape index (κ2) is 3.43. The highest BCUT2D eigenvalue weighted by Crippen LogP contribution is 2.14. The van der Waals surface area contributed by atoms with Crippen LogP contribution in [0.5, 0.6) is 0 Å². The number of primary sulfonamides is 1. The number of aliphatic hydroxyl groups excluding tert-OH is 1. The number of hydrogen-bond donors (Lipinski definition) is 3. The highest BCUT2D eigenvalue weighted by molar-refractivity contribution is 7.89. The summed E-state index contributed by atoms with van der Waals surface area (Å²) in [6.45, 7) is 0. The Kier molecular flexibility index (Phi) is 2.67. The molecule has 0 saturated heterocycles. The fraction of sp³-hybridized carbons (Fsp3) is 0.143. The van der Waals surface area contributed by atoms with Gasteiger partial charge in [0.25, 0.3) is 0 Å². The molecule has 0 aliphatic carbocycles. The second-order valence-electron chi connectivity index (χ2n) is 2.49. The van der Waals surface area contributed by atoms with Gasteiger partial charge in [0.2, 0.25) is 10.0 Å². The molecule has 0 bridgehead atoms. The van der Waals surface area contributed by atoms with Crippen LogP contribution in [0.1, 0.15) is 11.9 Å². The molecule has 0 amide bonds. The van der Waals surface area contributed by atoms with Gasteiger partial charge in [-0.05, 0) is 12.1 Å². The average molecular weight is 203 g/mol. The molecule has 0 heterocycles. The second-order valence-corrected chi connectivity index (χ2v) is 4.05. The predicted octanol–water partition coefficient (Wildman–Crippen LogP) is -0.683. The molecule has 13 heavy (non-hydrogen) atoms. The smallest absolute Gasteiger partial charge is 0.238 e. The highest BCUT2D eigenvalue weighted by atomic mass is 32.2. The molecule has 0 unspecified atom stereocenters. The molecule has 0 saturated carbocycles. The first-order valence-corrected chi connectivity index (χ1v) is 4.95. The molecule has 4 N–H and O–H groups in total. The molecule has 5 nitrogen and oxygen atoms in total. The molecule has 0 fully saturated rings. The van der Waals surface area contributed by atoms with E-state index in [-0.39, 0.29) is 10.5 Å². The van der Waals surface area contributed by atoms with Gasteiger partial charge >= 0.3 is 0 Å². The van der Waals surface area contributed by atoms with Gasteiger partial charge < -0.3 is 10.2 Å². The lowest BCUT2D eigenvalue weighted by atomic mass is 10.2. The summed E-state index contributed by atoms with van der Waals surface area (Å²) in [5, 5.41) is 22.3. The van der Waals surface area contributed by atoms with Crippen LogP contribution in [0.25, 0.3) is 0 Å². The van der Waals surface area contributed by atoms with Crippen LogP contribution in [0.15, 0.2) is 29.2 Å². The van der Waals surface area contributed by atoms with E-state index in [0.717, 1.165) is 6.07 Å². The van der Waals surface area contributed by atoms with Crippen molar-refractivity contribution in [2.45, 2.75) is 11.2 Å². The molecule has 0 atom stereocenters. The zero-order valence-corrected chi connectivity index (χ0v) is 7.40. The zero-order chi connectivity index (χ0) is 10.1. The van der Waals surface area contributed by atoms with Crippen molar-refractivity contribution in [3.63, 3.8) is 0 Å². The molecular weight excluding hydrogens is 194 g/mol. The molecule has 72 valence electrons. The van der Waals surface area contributed by atoms with Crippen LogP contribution in [-0.4, -0.2) is 18.6 Å². The van der Waals surface area contributed by atoms with Crippen molar-refractivity contribution in [3.05, 3.63) is 29.8 Å². The van der Waals surface area contributed by atoms with Crippen molar-refractivity contribution in [2.75, 3.05) is 0 Å². The molecule has 1 rings (SSSR count). The van der Waals surface area contributed by atoms with E-state index < -0.39 is 16.3 Å². The van der Waals surface area contributed by atoms with Gasteiger partial charge in [-0.1, -0.05) is 12.1 Å². The van der Waals surface area contributed by atoms with Crippen LogP contribution >= 0.6 is 0 Å². The molecule has 0 radical (unpaired) electrons. The lowest BCUT2D eigenvalue weighted by Gasteiger charge is -2.04. The Morgan fingerprint density at radius 2 is 1.92 bits per heavy atom. The largest absolute Gasteiger partial charge is 0.364 e. The molecule has 6 heteroatoms. The van der Waals surface area contributed by atoms with Crippen LogP contribution in [0.4, 0.5) is 0 Å². The maximum Gasteiger partial charge on any atom is 0.238 e. The summed E-state index contributed by atoms with van der Waals surface area (Å²) < 4.78 is 21.6. The lowest BCUT2D eigenvalue weighted by Crippen LogP contribution is -2.12. The van der Waals surface area contributed by atoms with Crippen molar-refractivity contribution >= 4 is 10.0 Å². The summed E-state index contributed by atoms with van der Waals surface area (Å²) in [6, 6.07) is 5.16. The first-order valence-electron chi connectivity index (χ1n) is 3.40. The summed E-state index contributed by atoms with van der Waals surface area (Å²) in [5.41, 5.74) is 0.0894. The Hall–Kier alpha value is -0.950. The summed E-state index contributed by atoms with van der Waals surface area (Å²) in [5.74, 6) is 0. The fourth-order valence-corrected chi connectivity index (χ4v) is 1.42. The number of sulfonamides is 1. The van der Waals surface area contributed by atoms with Crippen LogP contribution in [-0.2, 0) is 10.0 Å². The normalized spacial score (nSPS) is 12.0. The van der Waals surface area contributed by atoms with E-state index in [1.54, 1.807) is 0 Å². The monoisotopic (exact) mass is 203 g/mol. The molecule has 1 aromatic carbocycles. The number of hydrogen-bond acceptors (Lipinski definition) is 4. The maximum absolute atomic E-state index is 10.8. The average Bonchev–Trinajstić information content (AvgIpc) is 2.03. The number of aliphatic hydroxyl groups is 2. The third-order valence-electron chi connectivity index (χ3n) is 1.48. The Bertz CT molecular complexity index is 399. The van der Waals surface area contributed by atoms with Crippen molar-refractivity contribution in [2.24, 2.45) is 5.14 Å². The molecule has 0 spiro atoms. The minimum absolute atomic E-state index is 0.0894. The lowest BCUT2D eigenvalue weighted by molar-refractivity contribution is -0.0426. The third kappa shape index (κ3) is 2.49. The van der Waals surface area contributed by atoms with Gasteiger partial charge in [-0.2, -0.15) is 0 Å². The van der Waals surface area contributed by atoms with Crippen LogP contribution in [0.2, 0.25) is 0 Å². The predicted molar refractivity (Wildman–Crippen MR) is 45.0 cm³/mol.